The van der Waals surface area contributed by atoms with Crippen molar-refractivity contribution in [2.24, 2.45) is 0 Å². The van der Waals surface area contributed by atoms with Crippen molar-refractivity contribution in [3.8, 4) is 0 Å². The maximum atomic E-state index is 13.6. The lowest BCUT2D eigenvalue weighted by atomic mass is 10.2. The Bertz CT molecular complexity index is 619. The predicted octanol–water partition coefficient (Wildman–Crippen LogP) is 3.35. The van der Waals surface area contributed by atoms with Gasteiger partial charge in [-0.15, -0.1) is 0 Å². The van der Waals surface area contributed by atoms with Crippen LogP contribution in [-0.2, 0) is 0 Å². The van der Waals surface area contributed by atoms with Gasteiger partial charge in [-0.25, -0.2) is 4.39 Å². The number of para-hydroxylation sites is 1. The van der Waals surface area contributed by atoms with Crippen molar-refractivity contribution >= 4 is 23.2 Å². The minimum absolute atomic E-state index is 0.00163. The number of likely N-dealkylation sites (N-methyl/N-ethyl adjacent to an activating group) is 1. The fraction of sp³-hybridized carbons (Fsp3) is 0.188. The largest absolute Gasteiger partial charge is 0.373 e. The smallest absolute Gasteiger partial charge is 0.254 e. The zero-order valence-electron chi connectivity index (χ0n) is 11.6. The number of nitrogens with zero attached hydrogens (tertiary/aromatic N) is 1. The predicted molar refractivity (Wildman–Crippen MR) is 83.5 cm³/mol. The van der Waals surface area contributed by atoms with Crippen LogP contribution in [0.3, 0.4) is 0 Å². The molecule has 1 N–H and O–H groups in total. The molecule has 5 heteroatoms. The minimum Gasteiger partial charge on any atom is -0.373 e. The van der Waals surface area contributed by atoms with Gasteiger partial charge in [-0.3, -0.25) is 4.79 Å². The Hall–Kier alpha value is -2.07. The quantitative estimate of drug-likeness (QED) is 0.919. The fourth-order valence-electron chi connectivity index (χ4n) is 1.92. The molecule has 0 unspecified atom stereocenters. The summed E-state index contributed by atoms with van der Waals surface area (Å²) >= 11 is 5.66. The van der Waals surface area contributed by atoms with Crippen molar-refractivity contribution < 1.29 is 9.18 Å². The van der Waals surface area contributed by atoms with Gasteiger partial charge in [0, 0.05) is 30.8 Å². The Morgan fingerprint density at radius 1 is 1.24 bits per heavy atom. The Morgan fingerprint density at radius 2 is 1.95 bits per heavy atom. The summed E-state index contributed by atoms with van der Waals surface area (Å²) in [5.41, 5.74) is 1.06. The van der Waals surface area contributed by atoms with Gasteiger partial charge in [-0.2, -0.15) is 0 Å². The molecule has 0 aliphatic rings. The number of hydrogen-bond donors (Lipinski definition) is 1. The van der Waals surface area contributed by atoms with Crippen LogP contribution in [0.25, 0.3) is 0 Å². The van der Waals surface area contributed by atoms with E-state index < -0.39 is 11.7 Å². The lowest BCUT2D eigenvalue weighted by Crippen LogP contribution is -2.33. The van der Waals surface area contributed by atoms with Gasteiger partial charge >= 0.3 is 0 Å². The van der Waals surface area contributed by atoms with E-state index in [0.29, 0.717) is 13.1 Å². The van der Waals surface area contributed by atoms with Crippen LogP contribution in [0.15, 0.2) is 48.5 Å². The maximum Gasteiger partial charge on any atom is 0.254 e. The molecule has 3 nitrogen and oxygen atoms in total. The first-order valence-corrected chi connectivity index (χ1v) is 6.95. The van der Waals surface area contributed by atoms with E-state index in [4.69, 9.17) is 11.6 Å². The molecule has 0 aliphatic heterocycles. The number of halogens is 2. The molecule has 0 saturated carbocycles. The number of carbonyl (C=O) groups is 1. The summed E-state index contributed by atoms with van der Waals surface area (Å²) in [6.45, 7) is 1.05. The second-order valence-electron chi connectivity index (χ2n) is 4.64. The summed E-state index contributed by atoms with van der Waals surface area (Å²) in [7, 11) is 1.93. The molecule has 110 valence electrons. The second-order valence-corrected chi connectivity index (χ2v) is 5.07. The summed E-state index contributed by atoms with van der Waals surface area (Å²) < 4.78 is 13.6. The molecule has 0 radical (unpaired) electrons. The Balaban J connectivity index is 1.87. The normalized spacial score (nSPS) is 10.2. The van der Waals surface area contributed by atoms with E-state index in [1.165, 1.54) is 12.1 Å². The molecule has 0 aromatic heterocycles. The summed E-state index contributed by atoms with van der Waals surface area (Å²) in [5.74, 6) is -1.05. The van der Waals surface area contributed by atoms with Gasteiger partial charge in [-0.05, 0) is 30.3 Å². The lowest BCUT2D eigenvalue weighted by Gasteiger charge is -2.19. The van der Waals surface area contributed by atoms with Crippen LogP contribution in [0.1, 0.15) is 10.4 Å². The monoisotopic (exact) mass is 306 g/mol. The zero-order chi connectivity index (χ0) is 15.2. The van der Waals surface area contributed by atoms with Gasteiger partial charge in [0.2, 0.25) is 0 Å². The van der Waals surface area contributed by atoms with Crippen LogP contribution in [0.2, 0.25) is 5.02 Å². The molecular formula is C16H16ClFN2O. The Morgan fingerprint density at radius 3 is 2.62 bits per heavy atom. The van der Waals surface area contributed by atoms with Gasteiger partial charge in [0.1, 0.15) is 5.82 Å². The summed E-state index contributed by atoms with van der Waals surface area (Å²) in [4.78, 5) is 13.9. The zero-order valence-corrected chi connectivity index (χ0v) is 12.4. The van der Waals surface area contributed by atoms with Gasteiger partial charge in [0.15, 0.2) is 0 Å². The number of benzene rings is 2. The van der Waals surface area contributed by atoms with Crippen molar-refractivity contribution in [3.05, 3.63) is 64.9 Å². The third kappa shape index (κ3) is 4.20. The SMILES string of the molecule is CN(CCNC(=O)c1ccc(Cl)cc1F)c1ccccc1. The first kappa shape index (κ1) is 15.3. The summed E-state index contributed by atoms with van der Waals surface area (Å²) in [6.07, 6.45) is 0. The van der Waals surface area contributed by atoms with Crippen LogP contribution in [0, 0.1) is 5.82 Å². The highest BCUT2D eigenvalue weighted by Crippen LogP contribution is 2.14. The molecule has 0 atom stereocenters. The molecule has 21 heavy (non-hydrogen) atoms. The van der Waals surface area contributed by atoms with E-state index in [1.54, 1.807) is 0 Å². The minimum atomic E-state index is -0.614. The number of nitrogens with one attached hydrogen (secondary N) is 1. The van der Waals surface area contributed by atoms with Gasteiger partial charge in [0.25, 0.3) is 5.91 Å². The van der Waals surface area contributed by atoms with E-state index >= 15 is 0 Å². The molecule has 2 aromatic carbocycles. The average Bonchev–Trinajstić information content (AvgIpc) is 2.47. The number of amides is 1. The highest BCUT2D eigenvalue weighted by molar-refractivity contribution is 6.30. The van der Waals surface area contributed by atoms with E-state index in [-0.39, 0.29) is 10.6 Å². The first-order valence-electron chi connectivity index (χ1n) is 6.57. The van der Waals surface area contributed by atoms with E-state index in [1.807, 2.05) is 42.3 Å². The molecule has 0 aliphatic carbocycles. The van der Waals surface area contributed by atoms with E-state index in [9.17, 15) is 9.18 Å². The van der Waals surface area contributed by atoms with E-state index in [0.717, 1.165) is 11.8 Å². The topological polar surface area (TPSA) is 32.3 Å². The van der Waals surface area contributed by atoms with E-state index in [2.05, 4.69) is 5.32 Å². The molecule has 1 amide bonds. The molecule has 2 aromatic rings. The molecule has 0 fully saturated rings. The van der Waals surface area contributed by atoms with Gasteiger partial charge < -0.3 is 10.2 Å². The van der Waals surface area contributed by atoms with Crippen molar-refractivity contribution in [1.82, 2.24) is 5.32 Å². The lowest BCUT2D eigenvalue weighted by molar-refractivity contribution is 0.0950. The third-order valence-electron chi connectivity index (χ3n) is 3.11. The standard InChI is InChI=1S/C16H16ClFN2O/c1-20(13-5-3-2-4-6-13)10-9-19-16(21)14-8-7-12(17)11-15(14)18/h2-8,11H,9-10H2,1H3,(H,19,21). The molecule has 0 spiro atoms. The number of hydrogen-bond acceptors (Lipinski definition) is 2. The van der Waals surface area contributed by atoms with Crippen molar-refractivity contribution in [1.29, 1.82) is 0 Å². The molecular weight excluding hydrogens is 291 g/mol. The van der Waals surface area contributed by atoms with Gasteiger partial charge in [0.05, 0.1) is 5.56 Å². The second kappa shape index (κ2) is 7.09. The molecule has 0 heterocycles. The maximum absolute atomic E-state index is 13.6. The molecule has 0 bridgehead atoms. The highest BCUT2D eigenvalue weighted by Gasteiger charge is 2.11. The average molecular weight is 307 g/mol. The number of anilines is 1. The molecule has 2 rings (SSSR count). The van der Waals surface area contributed by atoms with Crippen LogP contribution in [0.5, 0.6) is 0 Å². The van der Waals surface area contributed by atoms with Crippen molar-refractivity contribution in [2.45, 2.75) is 0 Å². The summed E-state index contributed by atoms with van der Waals surface area (Å²) in [5, 5.41) is 2.97. The Labute approximate surface area is 128 Å². The van der Waals surface area contributed by atoms with Crippen LogP contribution in [-0.4, -0.2) is 26.0 Å². The third-order valence-corrected chi connectivity index (χ3v) is 3.34. The van der Waals surface area contributed by atoms with Crippen LogP contribution in [0.4, 0.5) is 10.1 Å². The van der Waals surface area contributed by atoms with Crippen LogP contribution >= 0.6 is 11.6 Å². The van der Waals surface area contributed by atoms with Crippen molar-refractivity contribution in [2.75, 3.05) is 25.0 Å². The Kier molecular flexibility index (Phi) is 5.17. The van der Waals surface area contributed by atoms with Crippen LogP contribution < -0.4 is 10.2 Å². The van der Waals surface area contributed by atoms with Crippen molar-refractivity contribution in [3.63, 3.8) is 0 Å². The molecule has 0 saturated heterocycles. The fourth-order valence-corrected chi connectivity index (χ4v) is 2.08. The highest BCUT2D eigenvalue weighted by atomic mass is 35.5. The summed E-state index contributed by atoms with van der Waals surface area (Å²) in [6, 6.07) is 13.8. The number of rotatable bonds is 5. The number of carbonyl (C=O) groups excluding carboxylic acids is 1. The van der Waals surface area contributed by atoms with Gasteiger partial charge in [-0.1, -0.05) is 29.8 Å². The first-order chi connectivity index (χ1) is 10.1.